The molecule has 4 aromatic rings. The van der Waals surface area contributed by atoms with Gasteiger partial charge in [0.1, 0.15) is 17.6 Å². The van der Waals surface area contributed by atoms with E-state index in [9.17, 15) is 15.2 Å². The molecule has 0 atom stereocenters. The maximum atomic E-state index is 12.5. The highest BCUT2D eigenvalue weighted by Gasteiger charge is 2.20. The van der Waals surface area contributed by atoms with Gasteiger partial charge in [-0.15, -0.1) is 10.2 Å². The number of amides is 1. The van der Waals surface area contributed by atoms with Crippen LogP contribution in [0.3, 0.4) is 0 Å². The van der Waals surface area contributed by atoms with Gasteiger partial charge in [-0.2, -0.15) is 5.26 Å². The number of aliphatic hydroxyl groups is 1. The van der Waals surface area contributed by atoms with Gasteiger partial charge in [0.25, 0.3) is 5.91 Å². The van der Waals surface area contributed by atoms with E-state index in [1.165, 1.54) is 0 Å². The number of halogens is 1. The van der Waals surface area contributed by atoms with Crippen molar-refractivity contribution < 1.29 is 14.6 Å². The second-order valence-electron chi connectivity index (χ2n) is 7.74. The van der Waals surface area contributed by atoms with E-state index in [1.807, 2.05) is 71.3 Å². The summed E-state index contributed by atoms with van der Waals surface area (Å²) in [5.41, 5.74) is 2.08. The van der Waals surface area contributed by atoms with E-state index in [1.54, 1.807) is 25.3 Å². The van der Waals surface area contributed by atoms with Crippen LogP contribution in [0, 0.1) is 11.3 Å². The monoisotopic (exact) mass is 531 g/mol. The highest BCUT2D eigenvalue weighted by atomic mass is 35.5. The first kappa shape index (κ1) is 25.8. The molecule has 1 amide bonds. The normalized spacial score (nSPS) is 11.4. The summed E-state index contributed by atoms with van der Waals surface area (Å²) < 4.78 is 7.06. The van der Waals surface area contributed by atoms with E-state index in [-0.39, 0.29) is 23.6 Å². The number of thioether (sulfide) groups is 1. The van der Waals surface area contributed by atoms with Crippen molar-refractivity contribution in [1.29, 1.82) is 5.26 Å². The highest BCUT2D eigenvalue weighted by molar-refractivity contribution is 7.99. The van der Waals surface area contributed by atoms with Crippen molar-refractivity contribution in [3.63, 3.8) is 0 Å². The van der Waals surface area contributed by atoms with Crippen molar-refractivity contribution in [3.8, 4) is 28.9 Å². The van der Waals surface area contributed by atoms with Gasteiger partial charge in [-0.05, 0) is 54.1 Å². The molecule has 0 unspecified atom stereocenters. The average Bonchev–Trinajstić information content (AvgIpc) is 3.36. The Bertz CT molecular complexity index is 1450. The number of nitrogens with one attached hydrogen (secondary N) is 1. The SMILES string of the molecule is COc1ccc(-c2nnc(SC/C(O)=C(\C#N)C(=O)NCc3ccccc3)n2-c2ccc(Cl)cc2)cc1. The maximum Gasteiger partial charge on any atom is 0.265 e. The van der Waals surface area contributed by atoms with Crippen molar-refractivity contribution >= 4 is 29.3 Å². The number of rotatable bonds is 9. The zero-order valence-corrected chi connectivity index (χ0v) is 21.3. The third-order valence-electron chi connectivity index (χ3n) is 5.33. The molecule has 1 aromatic heterocycles. The number of carbonyl (C=O) groups is 1. The Labute approximate surface area is 223 Å². The Morgan fingerprint density at radius 3 is 2.43 bits per heavy atom. The van der Waals surface area contributed by atoms with Crippen LogP contribution in [0.1, 0.15) is 5.56 Å². The average molecular weight is 532 g/mol. The number of aromatic nitrogens is 3. The Kier molecular flexibility index (Phi) is 8.46. The molecular weight excluding hydrogens is 510 g/mol. The van der Waals surface area contributed by atoms with Crippen molar-refractivity contribution in [1.82, 2.24) is 20.1 Å². The molecule has 0 aliphatic rings. The summed E-state index contributed by atoms with van der Waals surface area (Å²) in [6.07, 6.45) is 0. The van der Waals surface area contributed by atoms with E-state index in [0.717, 1.165) is 28.6 Å². The minimum absolute atomic E-state index is 0.0595. The van der Waals surface area contributed by atoms with Gasteiger partial charge in [0.15, 0.2) is 16.6 Å². The number of carbonyl (C=O) groups excluding carboxylic acids is 1. The lowest BCUT2D eigenvalue weighted by molar-refractivity contribution is -0.117. The first-order valence-electron chi connectivity index (χ1n) is 11.1. The summed E-state index contributed by atoms with van der Waals surface area (Å²) >= 11 is 7.23. The minimum atomic E-state index is -0.650. The largest absolute Gasteiger partial charge is 0.510 e. The molecule has 0 fully saturated rings. The van der Waals surface area contributed by atoms with Gasteiger partial charge in [-0.1, -0.05) is 53.7 Å². The highest BCUT2D eigenvalue weighted by Crippen LogP contribution is 2.30. The van der Waals surface area contributed by atoms with Crippen molar-refractivity contribution in [2.24, 2.45) is 0 Å². The van der Waals surface area contributed by atoms with E-state index in [2.05, 4.69) is 15.5 Å². The van der Waals surface area contributed by atoms with Gasteiger partial charge in [-0.25, -0.2) is 0 Å². The standard InChI is InChI=1S/C27H22ClN5O3S/c1-36-22-13-7-19(8-14-22)25-31-32-27(33(25)21-11-9-20(28)10-12-21)37-17-24(34)23(15-29)26(35)30-16-18-5-3-2-4-6-18/h2-14,34H,16-17H2,1H3,(H,30,35)/b24-23-. The van der Waals surface area contributed by atoms with Crippen LogP contribution in [-0.4, -0.2) is 38.6 Å². The van der Waals surface area contributed by atoms with Gasteiger partial charge in [0.05, 0.1) is 12.9 Å². The Hall–Kier alpha value is -4.26. The predicted molar refractivity (Wildman–Crippen MR) is 143 cm³/mol. The molecule has 4 rings (SSSR count). The van der Waals surface area contributed by atoms with Crippen LogP contribution < -0.4 is 10.1 Å². The van der Waals surface area contributed by atoms with Gasteiger partial charge in [0.2, 0.25) is 0 Å². The Morgan fingerprint density at radius 1 is 1.08 bits per heavy atom. The van der Waals surface area contributed by atoms with Crippen molar-refractivity contribution in [3.05, 3.63) is 101 Å². The third kappa shape index (κ3) is 6.30. The van der Waals surface area contributed by atoms with Crippen LogP contribution in [0.25, 0.3) is 17.1 Å². The van der Waals surface area contributed by atoms with E-state index >= 15 is 0 Å². The molecule has 0 radical (unpaired) electrons. The van der Waals surface area contributed by atoms with Crippen LogP contribution in [0.4, 0.5) is 0 Å². The number of hydrogen-bond acceptors (Lipinski definition) is 7. The molecule has 3 aromatic carbocycles. The maximum absolute atomic E-state index is 12.5. The smallest absolute Gasteiger partial charge is 0.265 e. The lowest BCUT2D eigenvalue weighted by atomic mass is 10.2. The lowest BCUT2D eigenvalue weighted by Gasteiger charge is -2.11. The van der Waals surface area contributed by atoms with Crippen molar-refractivity contribution in [2.45, 2.75) is 11.7 Å². The third-order valence-corrected chi connectivity index (χ3v) is 6.52. The molecule has 0 aliphatic heterocycles. The molecule has 0 spiro atoms. The fourth-order valence-electron chi connectivity index (χ4n) is 3.43. The number of hydrogen-bond donors (Lipinski definition) is 2. The molecule has 1 heterocycles. The number of nitrogens with zero attached hydrogens (tertiary/aromatic N) is 4. The number of ether oxygens (including phenoxy) is 1. The summed E-state index contributed by atoms with van der Waals surface area (Å²) in [4.78, 5) is 12.5. The van der Waals surface area contributed by atoms with Crippen LogP contribution in [0.5, 0.6) is 5.75 Å². The van der Waals surface area contributed by atoms with Crippen LogP contribution in [-0.2, 0) is 11.3 Å². The zero-order chi connectivity index (χ0) is 26.2. The Balaban J connectivity index is 1.58. The number of methoxy groups -OCH3 is 1. The molecule has 0 aliphatic carbocycles. The number of aliphatic hydroxyl groups excluding tert-OH is 1. The minimum Gasteiger partial charge on any atom is -0.510 e. The van der Waals surface area contributed by atoms with E-state index in [0.29, 0.717) is 21.8 Å². The summed E-state index contributed by atoms with van der Waals surface area (Å²) in [7, 11) is 1.59. The van der Waals surface area contributed by atoms with Crippen molar-refractivity contribution in [2.75, 3.05) is 12.9 Å². The fourth-order valence-corrected chi connectivity index (χ4v) is 4.39. The first-order chi connectivity index (χ1) is 18.0. The predicted octanol–water partition coefficient (Wildman–Crippen LogP) is 5.34. The van der Waals surface area contributed by atoms with Gasteiger partial charge < -0.3 is 15.2 Å². The first-order valence-corrected chi connectivity index (χ1v) is 12.5. The number of nitriles is 1. The summed E-state index contributed by atoms with van der Waals surface area (Å²) in [6, 6.07) is 25.7. The van der Waals surface area contributed by atoms with E-state index in [4.69, 9.17) is 16.3 Å². The van der Waals surface area contributed by atoms with Gasteiger partial charge in [-0.3, -0.25) is 9.36 Å². The van der Waals surface area contributed by atoms with Crippen LogP contribution in [0.2, 0.25) is 5.02 Å². The summed E-state index contributed by atoms with van der Waals surface area (Å²) in [5.74, 6) is 0.213. The molecule has 37 heavy (non-hydrogen) atoms. The number of benzene rings is 3. The summed E-state index contributed by atoms with van der Waals surface area (Å²) in [6.45, 7) is 0.237. The molecule has 2 N–H and O–H groups in total. The van der Waals surface area contributed by atoms with Gasteiger partial charge >= 0.3 is 0 Å². The van der Waals surface area contributed by atoms with Gasteiger partial charge in [0, 0.05) is 22.8 Å². The molecule has 0 bridgehead atoms. The summed E-state index contributed by atoms with van der Waals surface area (Å²) in [5, 5.41) is 32.5. The molecule has 0 saturated carbocycles. The Morgan fingerprint density at radius 2 is 1.78 bits per heavy atom. The second kappa shape index (κ2) is 12.1. The second-order valence-corrected chi connectivity index (χ2v) is 9.12. The molecule has 8 nitrogen and oxygen atoms in total. The fraction of sp³-hybridized carbons (Fsp3) is 0.111. The van der Waals surface area contributed by atoms with Crippen LogP contribution >= 0.6 is 23.4 Å². The molecule has 186 valence electrons. The van der Waals surface area contributed by atoms with Crippen LogP contribution in [0.15, 0.2) is 95.4 Å². The van der Waals surface area contributed by atoms with E-state index < -0.39 is 5.91 Å². The lowest BCUT2D eigenvalue weighted by Crippen LogP contribution is -2.25. The quantitative estimate of drug-likeness (QED) is 0.130. The zero-order valence-electron chi connectivity index (χ0n) is 19.8. The molecule has 0 saturated heterocycles. The molecular formula is C27H22ClN5O3S. The topological polar surface area (TPSA) is 113 Å². The molecule has 10 heteroatoms.